The molecule has 4 aromatic rings. The molecule has 4 aromatic carbocycles. The lowest BCUT2D eigenvalue weighted by atomic mass is 9.84. The van der Waals surface area contributed by atoms with Crippen LogP contribution in [0.25, 0.3) is 10.8 Å². The van der Waals surface area contributed by atoms with Crippen molar-refractivity contribution in [2.24, 2.45) is 17.8 Å². The molecule has 4 atom stereocenters. The molecule has 2 aliphatic rings. The third kappa shape index (κ3) is 3.62. The van der Waals surface area contributed by atoms with Crippen molar-refractivity contribution in [3.05, 3.63) is 121 Å². The SMILES string of the molecule is C1=CC2CC1CC2CC(c1ccc2ccccc2c1)N(c1ccccc1)c1ccccc1. The first kappa shape index (κ1) is 19.4. The van der Waals surface area contributed by atoms with Gasteiger partial charge < -0.3 is 4.90 Å². The lowest BCUT2D eigenvalue weighted by Gasteiger charge is -2.37. The van der Waals surface area contributed by atoms with Gasteiger partial charge in [0.2, 0.25) is 0 Å². The first-order chi connectivity index (χ1) is 15.8. The van der Waals surface area contributed by atoms with Crippen LogP contribution in [-0.4, -0.2) is 0 Å². The van der Waals surface area contributed by atoms with Gasteiger partial charge in [-0.15, -0.1) is 0 Å². The van der Waals surface area contributed by atoms with Crippen LogP contribution in [0.4, 0.5) is 11.4 Å². The fourth-order valence-corrected chi connectivity index (χ4v) is 5.94. The lowest BCUT2D eigenvalue weighted by molar-refractivity contribution is 0.380. The molecule has 158 valence electrons. The summed E-state index contributed by atoms with van der Waals surface area (Å²) in [6.07, 6.45) is 8.81. The zero-order valence-electron chi connectivity index (χ0n) is 18.3. The Morgan fingerprint density at radius 3 is 1.94 bits per heavy atom. The Kier molecular flexibility index (Phi) is 5.03. The molecule has 0 saturated heterocycles. The van der Waals surface area contributed by atoms with Crippen LogP contribution in [0.2, 0.25) is 0 Å². The quantitative estimate of drug-likeness (QED) is 0.286. The summed E-state index contributed by atoms with van der Waals surface area (Å²) < 4.78 is 0. The van der Waals surface area contributed by atoms with E-state index in [1.807, 2.05) is 0 Å². The van der Waals surface area contributed by atoms with E-state index < -0.39 is 0 Å². The fourth-order valence-electron chi connectivity index (χ4n) is 5.94. The Hall–Kier alpha value is -3.32. The van der Waals surface area contributed by atoms with E-state index in [2.05, 4.69) is 120 Å². The molecule has 2 aliphatic carbocycles. The molecule has 0 radical (unpaired) electrons. The molecule has 0 heterocycles. The molecule has 1 saturated carbocycles. The molecule has 6 rings (SSSR count). The van der Waals surface area contributed by atoms with Crippen LogP contribution in [0.1, 0.15) is 30.9 Å². The molecular formula is C31H29N. The Bertz CT molecular complexity index is 1190. The Morgan fingerprint density at radius 1 is 0.656 bits per heavy atom. The summed E-state index contributed by atoms with van der Waals surface area (Å²) in [6.45, 7) is 0. The highest BCUT2D eigenvalue weighted by molar-refractivity contribution is 5.83. The highest BCUT2D eigenvalue weighted by Gasteiger charge is 2.38. The number of rotatable bonds is 6. The van der Waals surface area contributed by atoms with Crippen molar-refractivity contribution in [3.63, 3.8) is 0 Å². The Morgan fingerprint density at radius 2 is 1.31 bits per heavy atom. The second-order valence-electron chi connectivity index (χ2n) is 9.44. The van der Waals surface area contributed by atoms with Crippen LogP contribution in [0.3, 0.4) is 0 Å². The molecule has 0 amide bonds. The van der Waals surface area contributed by atoms with Gasteiger partial charge in [0.15, 0.2) is 0 Å². The van der Waals surface area contributed by atoms with Gasteiger partial charge in [-0.2, -0.15) is 0 Å². The van der Waals surface area contributed by atoms with Crippen LogP contribution in [0.5, 0.6) is 0 Å². The maximum Gasteiger partial charge on any atom is 0.0594 e. The Balaban J connectivity index is 1.48. The van der Waals surface area contributed by atoms with E-state index in [-0.39, 0.29) is 0 Å². The summed E-state index contributed by atoms with van der Waals surface area (Å²) in [5.74, 6) is 2.29. The van der Waals surface area contributed by atoms with E-state index in [4.69, 9.17) is 0 Å². The number of nitrogens with zero attached hydrogens (tertiary/aromatic N) is 1. The molecule has 1 heteroatoms. The second-order valence-corrected chi connectivity index (χ2v) is 9.44. The molecule has 0 aromatic heterocycles. The number of benzene rings is 4. The number of hydrogen-bond acceptors (Lipinski definition) is 1. The summed E-state index contributed by atoms with van der Waals surface area (Å²) >= 11 is 0. The minimum atomic E-state index is 0.294. The van der Waals surface area contributed by atoms with Crippen LogP contribution in [0, 0.1) is 17.8 Å². The molecular weight excluding hydrogens is 386 g/mol. The van der Waals surface area contributed by atoms with E-state index in [1.165, 1.54) is 47.0 Å². The predicted molar refractivity (Wildman–Crippen MR) is 135 cm³/mol. The number of hydrogen-bond donors (Lipinski definition) is 0. The van der Waals surface area contributed by atoms with Gasteiger partial charge >= 0.3 is 0 Å². The first-order valence-corrected chi connectivity index (χ1v) is 11.9. The van der Waals surface area contributed by atoms with Crippen molar-refractivity contribution in [2.45, 2.75) is 25.3 Å². The summed E-state index contributed by atoms with van der Waals surface area (Å²) in [5, 5.41) is 2.63. The van der Waals surface area contributed by atoms with Crippen LogP contribution in [0.15, 0.2) is 115 Å². The van der Waals surface area contributed by atoms with Crippen molar-refractivity contribution in [1.82, 2.24) is 0 Å². The van der Waals surface area contributed by atoms with Crippen LogP contribution < -0.4 is 4.90 Å². The zero-order chi connectivity index (χ0) is 21.3. The van der Waals surface area contributed by atoms with Crippen molar-refractivity contribution in [2.75, 3.05) is 4.90 Å². The van der Waals surface area contributed by atoms with Gasteiger partial charge in [0.05, 0.1) is 6.04 Å². The summed E-state index contributed by atoms with van der Waals surface area (Å²) in [5.41, 5.74) is 3.93. The number of fused-ring (bicyclic) bond motifs is 3. The van der Waals surface area contributed by atoms with Gasteiger partial charge in [-0.05, 0) is 83.7 Å². The predicted octanol–water partition coefficient (Wildman–Crippen LogP) is 8.32. The average molecular weight is 416 g/mol. The summed E-state index contributed by atoms with van der Waals surface area (Å²) in [7, 11) is 0. The van der Waals surface area contributed by atoms with Crippen molar-refractivity contribution >= 4 is 22.1 Å². The summed E-state index contributed by atoms with van der Waals surface area (Å²) in [4.78, 5) is 2.57. The highest BCUT2D eigenvalue weighted by atomic mass is 15.2. The summed E-state index contributed by atoms with van der Waals surface area (Å²) in [6, 6.07) is 37.9. The molecule has 0 spiro atoms. The van der Waals surface area contributed by atoms with Crippen molar-refractivity contribution in [3.8, 4) is 0 Å². The third-order valence-electron chi connectivity index (χ3n) is 7.48. The molecule has 0 aliphatic heterocycles. The smallest absolute Gasteiger partial charge is 0.0594 e. The monoisotopic (exact) mass is 415 g/mol. The molecule has 4 unspecified atom stereocenters. The average Bonchev–Trinajstić information content (AvgIpc) is 3.48. The highest BCUT2D eigenvalue weighted by Crippen LogP contribution is 2.49. The van der Waals surface area contributed by atoms with Gasteiger partial charge in [0, 0.05) is 11.4 Å². The normalized spacial score (nSPS) is 22.3. The standard InChI is InChI=1S/C31H29N/c1-3-11-29(12-4-1)32(30-13-5-2-6-14-30)31(22-28-20-23-15-16-26(28)19-23)27-18-17-24-9-7-8-10-25(24)21-27/h1-18,21,23,26,28,31H,19-20,22H2. The van der Waals surface area contributed by atoms with Crippen LogP contribution in [-0.2, 0) is 0 Å². The van der Waals surface area contributed by atoms with E-state index >= 15 is 0 Å². The lowest BCUT2D eigenvalue weighted by Crippen LogP contribution is -2.27. The first-order valence-electron chi connectivity index (χ1n) is 11.9. The molecule has 2 bridgehead atoms. The van der Waals surface area contributed by atoms with Gasteiger partial charge in [0.25, 0.3) is 0 Å². The maximum absolute atomic E-state index is 2.57. The topological polar surface area (TPSA) is 3.24 Å². The van der Waals surface area contributed by atoms with Gasteiger partial charge in [0.1, 0.15) is 0 Å². The molecule has 1 fully saturated rings. The number of allylic oxidation sites excluding steroid dienone is 2. The largest absolute Gasteiger partial charge is 0.334 e. The number of para-hydroxylation sites is 2. The van der Waals surface area contributed by atoms with E-state index in [0.29, 0.717) is 6.04 Å². The number of anilines is 2. The molecule has 1 nitrogen and oxygen atoms in total. The minimum absolute atomic E-state index is 0.294. The van der Waals surface area contributed by atoms with E-state index in [0.717, 1.165) is 17.8 Å². The third-order valence-corrected chi connectivity index (χ3v) is 7.48. The molecule has 32 heavy (non-hydrogen) atoms. The fraction of sp³-hybridized carbons (Fsp3) is 0.226. The van der Waals surface area contributed by atoms with Gasteiger partial charge in [-0.1, -0.05) is 84.9 Å². The minimum Gasteiger partial charge on any atom is -0.334 e. The van der Waals surface area contributed by atoms with E-state index in [9.17, 15) is 0 Å². The second kappa shape index (κ2) is 8.31. The van der Waals surface area contributed by atoms with Gasteiger partial charge in [-0.25, -0.2) is 0 Å². The van der Waals surface area contributed by atoms with Crippen molar-refractivity contribution in [1.29, 1.82) is 0 Å². The molecule has 0 N–H and O–H groups in total. The van der Waals surface area contributed by atoms with Gasteiger partial charge in [-0.3, -0.25) is 0 Å². The van der Waals surface area contributed by atoms with E-state index in [1.54, 1.807) is 0 Å². The maximum atomic E-state index is 2.57. The Labute approximate surface area is 191 Å². The van der Waals surface area contributed by atoms with Crippen molar-refractivity contribution < 1.29 is 0 Å². The zero-order valence-corrected chi connectivity index (χ0v) is 18.3. The van der Waals surface area contributed by atoms with Crippen LogP contribution >= 0.6 is 0 Å².